The highest BCUT2D eigenvalue weighted by atomic mass is 79.9. The van der Waals surface area contributed by atoms with Crippen molar-refractivity contribution >= 4 is 37.5 Å². The highest BCUT2D eigenvalue weighted by Gasteiger charge is 2.15. The Bertz CT molecular complexity index is 942. The minimum atomic E-state index is -3.73. The summed E-state index contributed by atoms with van der Waals surface area (Å²) in [6.07, 6.45) is 7.16. The summed E-state index contributed by atoms with van der Waals surface area (Å²) in [7, 11) is -3.73. The molecule has 1 aliphatic carbocycles. The van der Waals surface area contributed by atoms with Crippen LogP contribution < -0.4 is 10.0 Å². The summed E-state index contributed by atoms with van der Waals surface area (Å²) >= 11 is 3.29. The molecule has 0 radical (unpaired) electrons. The number of carbonyl (C=O) groups is 1. The smallest absolute Gasteiger partial charge is 0.261 e. The van der Waals surface area contributed by atoms with E-state index in [2.05, 4.69) is 26.0 Å². The lowest BCUT2D eigenvalue weighted by Crippen LogP contribution is -2.26. The van der Waals surface area contributed by atoms with Gasteiger partial charge in [0.05, 0.1) is 11.0 Å². The molecule has 0 heterocycles. The van der Waals surface area contributed by atoms with Crippen molar-refractivity contribution in [2.75, 3.05) is 17.9 Å². The first-order chi connectivity index (χ1) is 14.4. The average molecular weight is 495 g/mol. The zero-order chi connectivity index (χ0) is 21.4. The van der Waals surface area contributed by atoms with E-state index in [4.69, 9.17) is 4.74 Å². The largest absolute Gasteiger partial charge is 0.378 e. The van der Waals surface area contributed by atoms with E-state index in [0.717, 1.165) is 23.7 Å². The number of ether oxygens (including phenoxy) is 1. The van der Waals surface area contributed by atoms with Gasteiger partial charge in [0.15, 0.2) is 0 Å². The number of nitrogens with one attached hydrogen (secondary N) is 2. The van der Waals surface area contributed by atoms with Crippen LogP contribution in [0.2, 0.25) is 0 Å². The van der Waals surface area contributed by atoms with Crippen LogP contribution in [-0.4, -0.2) is 33.6 Å². The lowest BCUT2D eigenvalue weighted by atomic mass is 9.98. The molecule has 0 spiro atoms. The van der Waals surface area contributed by atoms with Gasteiger partial charge in [0.2, 0.25) is 0 Å². The second-order valence-electron chi connectivity index (χ2n) is 7.38. The van der Waals surface area contributed by atoms with E-state index in [1.54, 1.807) is 30.3 Å². The molecule has 0 atom stereocenters. The van der Waals surface area contributed by atoms with E-state index in [1.165, 1.54) is 37.5 Å². The fraction of sp³-hybridized carbons (Fsp3) is 0.409. The first-order valence-corrected chi connectivity index (χ1v) is 12.5. The Morgan fingerprint density at radius 2 is 1.80 bits per heavy atom. The number of amides is 1. The Kier molecular flexibility index (Phi) is 8.30. The normalized spacial score (nSPS) is 15.0. The second kappa shape index (κ2) is 10.9. The molecule has 0 unspecified atom stereocenters. The van der Waals surface area contributed by atoms with Crippen molar-refractivity contribution in [3.63, 3.8) is 0 Å². The Morgan fingerprint density at radius 3 is 2.53 bits per heavy atom. The van der Waals surface area contributed by atoms with E-state index in [1.807, 2.05) is 0 Å². The van der Waals surface area contributed by atoms with E-state index in [9.17, 15) is 13.2 Å². The zero-order valence-corrected chi connectivity index (χ0v) is 19.2. The summed E-state index contributed by atoms with van der Waals surface area (Å²) in [4.78, 5) is 12.6. The Balaban J connectivity index is 1.49. The minimum absolute atomic E-state index is 0.151. The van der Waals surface area contributed by atoms with E-state index < -0.39 is 10.0 Å². The number of sulfonamides is 1. The van der Waals surface area contributed by atoms with Crippen molar-refractivity contribution in [2.24, 2.45) is 0 Å². The standard InChI is InChI=1S/C22H27BrN2O4S/c23-18-10-12-21(13-11-18)30(27,28)25-19-7-4-6-17(16-19)22(26)24-14-5-15-29-20-8-2-1-3-9-20/h4,6-7,10-13,16,20,25H,1-3,5,8-9,14-15H2,(H,24,26). The molecule has 2 N–H and O–H groups in total. The summed E-state index contributed by atoms with van der Waals surface area (Å²) < 4.78 is 34.2. The maximum absolute atomic E-state index is 12.5. The van der Waals surface area contributed by atoms with Crippen molar-refractivity contribution in [3.8, 4) is 0 Å². The molecule has 0 saturated heterocycles. The second-order valence-corrected chi connectivity index (χ2v) is 9.98. The molecule has 30 heavy (non-hydrogen) atoms. The van der Waals surface area contributed by atoms with Crippen LogP contribution in [0.4, 0.5) is 5.69 Å². The molecule has 3 rings (SSSR count). The summed E-state index contributed by atoms with van der Waals surface area (Å²) in [5, 5.41) is 2.86. The molecular weight excluding hydrogens is 468 g/mol. The summed E-state index contributed by atoms with van der Waals surface area (Å²) in [5.41, 5.74) is 0.741. The monoisotopic (exact) mass is 494 g/mol. The highest BCUT2D eigenvalue weighted by Crippen LogP contribution is 2.21. The molecule has 0 bridgehead atoms. The molecule has 1 saturated carbocycles. The van der Waals surface area contributed by atoms with Gasteiger partial charge < -0.3 is 10.1 Å². The van der Waals surface area contributed by atoms with Gasteiger partial charge in [-0.15, -0.1) is 0 Å². The van der Waals surface area contributed by atoms with Crippen LogP contribution in [0.15, 0.2) is 57.9 Å². The number of halogens is 1. The van der Waals surface area contributed by atoms with Gasteiger partial charge in [-0.3, -0.25) is 9.52 Å². The van der Waals surface area contributed by atoms with Crippen LogP contribution in [0.1, 0.15) is 48.9 Å². The molecule has 8 heteroatoms. The number of benzene rings is 2. The Morgan fingerprint density at radius 1 is 1.07 bits per heavy atom. The number of anilines is 1. The van der Waals surface area contributed by atoms with Crippen molar-refractivity contribution in [2.45, 2.75) is 49.5 Å². The van der Waals surface area contributed by atoms with Gasteiger partial charge in [-0.25, -0.2) is 8.42 Å². The van der Waals surface area contributed by atoms with E-state index >= 15 is 0 Å². The molecule has 1 aliphatic rings. The van der Waals surface area contributed by atoms with Crippen molar-refractivity contribution in [1.29, 1.82) is 0 Å². The van der Waals surface area contributed by atoms with Gasteiger partial charge >= 0.3 is 0 Å². The van der Waals surface area contributed by atoms with E-state index in [0.29, 0.717) is 30.5 Å². The van der Waals surface area contributed by atoms with Crippen LogP contribution in [0.3, 0.4) is 0 Å². The minimum Gasteiger partial charge on any atom is -0.378 e. The lowest BCUT2D eigenvalue weighted by molar-refractivity contribution is 0.0273. The van der Waals surface area contributed by atoms with Gasteiger partial charge in [-0.05, 0) is 61.7 Å². The Labute approximate surface area is 186 Å². The Hall–Kier alpha value is -1.90. The molecule has 0 aliphatic heterocycles. The van der Waals surface area contributed by atoms with Gasteiger partial charge in [-0.1, -0.05) is 41.3 Å². The molecule has 2 aromatic rings. The van der Waals surface area contributed by atoms with Gasteiger partial charge in [-0.2, -0.15) is 0 Å². The van der Waals surface area contributed by atoms with Crippen LogP contribution in [0.25, 0.3) is 0 Å². The van der Waals surface area contributed by atoms with Crippen molar-refractivity contribution in [3.05, 3.63) is 58.6 Å². The van der Waals surface area contributed by atoms with Crippen molar-refractivity contribution in [1.82, 2.24) is 5.32 Å². The first kappa shape index (κ1) is 22.8. The SMILES string of the molecule is O=C(NCCCOC1CCCCC1)c1cccc(NS(=O)(=O)c2ccc(Br)cc2)c1. The number of hydrogen-bond acceptors (Lipinski definition) is 4. The van der Waals surface area contributed by atoms with Crippen LogP contribution in [0.5, 0.6) is 0 Å². The number of rotatable bonds is 9. The fourth-order valence-electron chi connectivity index (χ4n) is 3.41. The maximum atomic E-state index is 12.5. The molecule has 0 aromatic heterocycles. The predicted octanol–water partition coefficient (Wildman–Crippen LogP) is 4.72. The lowest BCUT2D eigenvalue weighted by Gasteiger charge is -2.21. The summed E-state index contributed by atoms with van der Waals surface area (Å²) in [6.45, 7) is 1.15. The third-order valence-electron chi connectivity index (χ3n) is 5.01. The first-order valence-electron chi connectivity index (χ1n) is 10.2. The van der Waals surface area contributed by atoms with E-state index in [-0.39, 0.29) is 10.8 Å². The van der Waals surface area contributed by atoms with Crippen LogP contribution in [0, 0.1) is 0 Å². The highest BCUT2D eigenvalue weighted by molar-refractivity contribution is 9.10. The van der Waals surface area contributed by atoms with Gasteiger partial charge in [0, 0.05) is 28.9 Å². The number of hydrogen-bond donors (Lipinski definition) is 2. The molecule has 2 aromatic carbocycles. The fourth-order valence-corrected chi connectivity index (χ4v) is 4.72. The molecule has 162 valence electrons. The van der Waals surface area contributed by atoms with Crippen LogP contribution in [-0.2, 0) is 14.8 Å². The zero-order valence-electron chi connectivity index (χ0n) is 16.8. The topological polar surface area (TPSA) is 84.5 Å². The van der Waals surface area contributed by atoms with Gasteiger partial charge in [0.1, 0.15) is 0 Å². The molecule has 1 fully saturated rings. The quantitative estimate of drug-likeness (QED) is 0.493. The van der Waals surface area contributed by atoms with Crippen molar-refractivity contribution < 1.29 is 17.9 Å². The predicted molar refractivity (Wildman–Crippen MR) is 121 cm³/mol. The maximum Gasteiger partial charge on any atom is 0.261 e. The molecule has 1 amide bonds. The molecular formula is C22H27BrN2O4S. The third kappa shape index (κ3) is 6.82. The summed E-state index contributed by atoms with van der Waals surface area (Å²) in [6, 6.07) is 12.8. The average Bonchev–Trinajstić information content (AvgIpc) is 2.74. The number of carbonyl (C=O) groups excluding carboxylic acids is 1. The van der Waals surface area contributed by atoms with Crippen LogP contribution >= 0.6 is 15.9 Å². The van der Waals surface area contributed by atoms with Gasteiger partial charge in [0.25, 0.3) is 15.9 Å². The third-order valence-corrected chi connectivity index (χ3v) is 6.94. The molecule has 6 nitrogen and oxygen atoms in total. The summed E-state index contributed by atoms with van der Waals surface area (Å²) in [5.74, 6) is -0.239.